The Hall–Kier alpha value is -1.59. The van der Waals surface area contributed by atoms with Crippen molar-refractivity contribution in [3.05, 3.63) is 41.7 Å². The van der Waals surface area contributed by atoms with Crippen LogP contribution in [0.2, 0.25) is 0 Å². The first-order valence-corrected chi connectivity index (χ1v) is 7.67. The quantitative estimate of drug-likeness (QED) is 0.480. The van der Waals surface area contributed by atoms with Gasteiger partial charge in [0.15, 0.2) is 11.6 Å². The van der Waals surface area contributed by atoms with E-state index in [2.05, 4.69) is 4.74 Å². The van der Waals surface area contributed by atoms with Gasteiger partial charge < -0.3 is 4.74 Å². The number of ether oxygens (including phenoxy) is 1. The molecule has 6 heteroatoms. The molecule has 0 unspecified atom stereocenters. The summed E-state index contributed by atoms with van der Waals surface area (Å²) in [6, 6.07) is 3.66. The van der Waals surface area contributed by atoms with Gasteiger partial charge in [-0.15, -0.1) is 13.2 Å². The minimum absolute atomic E-state index is 0.135. The average Bonchev–Trinajstić information content (AvgIpc) is 2.49. The molecule has 0 atom stereocenters. The number of allylic oxidation sites excluding steroid dienone is 2. The zero-order valence-corrected chi connectivity index (χ0v) is 12.6. The SMILES string of the molecule is FCCC=CC1CCC(c2ccc(OC(F)(F)F)c(F)c2)CC1. The summed E-state index contributed by atoms with van der Waals surface area (Å²) < 4.78 is 65.8. The van der Waals surface area contributed by atoms with Crippen molar-refractivity contribution in [2.45, 2.75) is 44.4 Å². The van der Waals surface area contributed by atoms with E-state index in [0.717, 1.165) is 37.8 Å². The molecule has 0 amide bonds. The van der Waals surface area contributed by atoms with Crippen molar-refractivity contribution >= 4 is 0 Å². The molecular formula is C17H19F5O. The van der Waals surface area contributed by atoms with E-state index in [1.54, 1.807) is 0 Å². The molecule has 2 rings (SSSR count). The van der Waals surface area contributed by atoms with E-state index in [9.17, 15) is 22.0 Å². The topological polar surface area (TPSA) is 9.23 Å². The Morgan fingerprint density at radius 3 is 2.39 bits per heavy atom. The monoisotopic (exact) mass is 334 g/mol. The first-order valence-electron chi connectivity index (χ1n) is 7.67. The average molecular weight is 334 g/mol. The molecule has 1 aromatic carbocycles. The van der Waals surface area contributed by atoms with Gasteiger partial charge in [0.2, 0.25) is 0 Å². The third kappa shape index (κ3) is 5.52. The van der Waals surface area contributed by atoms with Crippen LogP contribution in [0, 0.1) is 11.7 Å². The molecule has 0 N–H and O–H groups in total. The van der Waals surface area contributed by atoms with Crippen molar-refractivity contribution in [3.8, 4) is 5.75 Å². The number of alkyl halides is 4. The van der Waals surface area contributed by atoms with Crippen LogP contribution in [0.15, 0.2) is 30.4 Å². The number of rotatable bonds is 5. The molecular weight excluding hydrogens is 315 g/mol. The fourth-order valence-electron chi connectivity index (χ4n) is 2.98. The molecule has 0 spiro atoms. The van der Waals surface area contributed by atoms with E-state index in [1.807, 2.05) is 12.2 Å². The Morgan fingerprint density at radius 1 is 1.13 bits per heavy atom. The molecule has 1 aliphatic rings. The van der Waals surface area contributed by atoms with Crippen molar-refractivity contribution in [2.75, 3.05) is 6.67 Å². The van der Waals surface area contributed by atoms with Crippen molar-refractivity contribution in [3.63, 3.8) is 0 Å². The van der Waals surface area contributed by atoms with E-state index < -0.39 is 17.9 Å². The zero-order valence-electron chi connectivity index (χ0n) is 12.6. The van der Waals surface area contributed by atoms with Crippen LogP contribution in [0.4, 0.5) is 22.0 Å². The Balaban J connectivity index is 1.95. The van der Waals surface area contributed by atoms with Crippen LogP contribution in [0.25, 0.3) is 0 Å². The molecule has 0 aromatic heterocycles. The van der Waals surface area contributed by atoms with Gasteiger partial charge in [0.1, 0.15) is 0 Å². The largest absolute Gasteiger partial charge is 0.573 e. The van der Waals surface area contributed by atoms with Crippen molar-refractivity contribution in [1.29, 1.82) is 0 Å². The molecule has 1 aliphatic carbocycles. The first-order chi connectivity index (χ1) is 10.9. The van der Waals surface area contributed by atoms with Crippen molar-refractivity contribution in [1.82, 2.24) is 0 Å². The maximum atomic E-state index is 13.7. The highest BCUT2D eigenvalue weighted by Crippen LogP contribution is 2.38. The highest BCUT2D eigenvalue weighted by Gasteiger charge is 2.32. The lowest BCUT2D eigenvalue weighted by Crippen LogP contribution is -2.18. The summed E-state index contributed by atoms with van der Waals surface area (Å²) in [6.45, 7) is -0.364. The second-order valence-corrected chi connectivity index (χ2v) is 5.76. The molecule has 0 bridgehead atoms. The van der Waals surface area contributed by atoms with Gasteiger partial charge in [-0.25, -0.2) is 4.39 Å². The van der Waals surface area contributed by atoms with Crippen molar-refractivity contribution < 1.29 is 26.7 Å². The molecule has 0 heterocycles. The molecule has 128 valence electrons. The Bertz CT molecular complexity index is 530. The zero-order chi connectivity index (χ0) is 16.9. The van der Waals surface area contributed by atoms with Gasteiger partial charge in [-0.2, -0.15) is 0 Å². The van der Waals surface area contributed by atoms with Crippen LogP contribution in [0.1, 0.15) is 43.6 Å². The van der Waals surface area contributed by atoms with E-state index in [4.69, 9.17) is 0 Å². The fraction of sp³-hybridized carbons (Fsp3) is 0.529. The van der Waals surface area contributed by atoms with Crippen LogP contribution in [-0.2, 0) is 0 Å². The molecule has 0 saturated heterocycles. The van der Waals surface area contributed by atoms with E-state index in [-0.39, 0.29) is 12.6 Å². The highest BCUT2D eigenvalue weighted by molar-refractivity contribution is 5.31. The second kappa shape index (κ2) is 7.79. The van der Waals surface area contributed by atoms with Crippen LogP contribution in [0.3, 0.4) is 0 Å². The molecule has 1 fully saturated rings. The third-order valence-corrected chi connectivity index (χ3v) is 4.11. The normalized spacial score (nSPS) is 22.5. The van der Waals surface area contributed by atoms with Gasteiger partial charge in [0.25, 0.3) is 0 Å². The summed E-state index contributed by atoms with van der Waals surface area (Å²) in [5.41, 5.74) is 0.697. The fourth-order valence-corrected chi connectivity index (χ4v) is 2.98. The van der Waals surface area contributed by atoms with Crippen LogP contribution < -0.4 is 4.74 Å². The second-order valence-electron chi connectivity index (χ2n) is 5.76. The van der Waals surface area contributed by atoms with E-state index in [1.165, 1.54) is 6.07 Å². The highest BCUT2D eigenvalue weighted by atomic mass is 19.4. The standard InChI is InChI=1S/C17H19F5O/c18-10-2-1-3-12-4-6-13(7-5-12)14-8-9-16(15(19)11-14)23-17(20,21)22/h1,3,8-9,11-13H,2,4-7,10H2. The van der Waals surface area contributed by atoms with E-state index >= 15 is 0 Å². The summed E-state index contributed by atoms with van der Waals surface area (Å²) in [7, 11) is 0. The first kappa shape index (κ1) is 17.8. The summed E-state index contributed by atoms with van der Waals surface area (Å²) in [5, 5.41) is 0. The number of hydrogen-bond acceptors (Lipinski definition) is 1. The summed E-state index contributed by atoms with van der Waals surface area (Å²) in [4.78, 5) is 0. The molecule has 1 aromatic rings. The lowest BCUT2D eigenvalue weighted by atomic mass is 9.78. The van der Waals surface area contributed by atoms with Crippen LogP contribution in [0.5, 0.6) is 5.75 Å². The maximum absolute atomic E-state index is 13.7. The van der Waals surface area contributed by atoms with Gasteiger partial charge in [-0.05, 0) is 61.6 Å². The minimum atomic E-state index is -4.90. The lowest BCUT2D eigenvalue weighted by Gasteiger charge is -2.27. The van der Waals surface area contributed by atoms with Gasteiger partial charge in [-0.1, -0.05) is 18.2 Å². The number of hydrogen-bond donors (Lipinski definition) is 0. The minimum Gasteiger partial charge on any atom is -0.403 e. The van der Waals surface area contributed by atoms with Crippen LogP contribution >= 0.6 is 0 Å². The Labute approximate surface area is 132 Å². The summed E-state index contributed by atoms with van der Waals surface area (Å²) >= 11 is 0. The number of halogens is 5. The van der Waals surface area contributed by atoms with Crippen molar-refractivity contribution in [2.24, 2.45) is 5.92 Å². The molecule has 23 heavy (non-hydrogen) atoms. The summed E-state index contributed by atoms with van der Waals surface area (Å²) in [5.74, 6) is -1.26. The molecule has 1 saturated carbocycles. The maximum Gasteiger partial charge on any atom is 0.573 e. The van der Waals surface area contributed by atoms with Gasteiger partial charge in [0.05, 0.1) is 6.67 Å². The molecule has 0 aliphatic heterocycles. The molecule has 0 radical (unpaired) electrons. The van der Waals surface area contributed by atoms with Crippen LogP contribution in [-0.4, -0.2) is 13.0 Å². The van der Waals surface area contributed by atoms with Gasteiger partial charge in [-0.3, -0.25) is 4.39 Å². The number of benzene rings is 1. The Kier molecular flexibility index (Phi) is 6.02. The molecule has 1 nitrogen and oxygen atoms in total. The Morgan fingerprint density at radius 2 is 1.83 bits per heavy atom. The van der Waals surface area contributed by atoms with Gasteiger partial charge in [0, 0.05) is 0 Å². The lowest BCUT2D eigenvalue weighted by molar-refractivity contribution is -0.275. The predicted octanol–water partition coefficient (Wildman–Crippen LogP) is 5.91. The smallest absolute Gasteiger partial charge is 0.403 e. The predicted molar refractivity (Wildman–Crippen MR) is 77.5 cm³/mol. The van der Waals surface area contributed by atoms with Gasteiger partial charge >= 0.3 is 6.36 Å². The summed E-state index contributed by atoms with van der Waals surface area (Å²) in [6.07, 6.45) is 2.89. The third-order valence-electron chi connectivity index (χ3n) is 4.11. The van der Waals surface area contributed by atoms with E-state index in [0.29, 0.717) is 17.9 Å².